The van der Waals surface area contributed by atoms with E-state index in [2.05, 4.69) is 16.4 Å². The molecule has 0 saturated heterocycles. The molecule has 2 aromatic carbocycles. The topological polar surface area (TPSA) is 96.5 Å². The van der Waals surface area contributed by atoms with Gasteiger partial charge in [-0.3, -0.25) is 14.0 Å². The van der Waals surface area contributed by atoms with Crippen LogP contribution < -0.4 is 5.32 Å². The fraction of sp³-hybridized carbons (Fsp3) is 0.167. The first-order valence-corrected chi connectivity index (χ1v) is 11.8. The summed E-state index contributed by atoms with van der Waals surface area (Å²) in [5.41, 5.74) is 3.80. The molecule has 0 saturated carbocycles. The first kappa shape index (κ1) is 23.9. The zero-order valence-electron chi connectivity index (χ0n) is 18.1. The number of fused-ring (bicyclic) bond motifs is 3. The highest BCUT2D eigenvalue weighted by atomic mass is 35.5. The van der Waals surface area contributed by atoms with Crippen LogP contribution in [-0.2, 0) is 14.3 Å². The molecule has 7 nitrogen and oxygen atoms in total. The Bertz CT molecular complexity index is 1480. The van der Waals surface area contributed by atoms with E-state index in [-0.39, 0.29) is 0 Å². The third-order valence-electron chi connectivity index (χ3n) is 5.03. The number of para-hydroxylation sites is 2. The minimum absolute atomic E-state index is 0.303. The van der Waals surface area contributed by atoms with Gasteiger partial charge >= 0.3 is 5.97 Å². The molecule has 34 heavy (non-hydrogen) atoms. The Morgan fingerprint density at radius 1 is 1.21 bits per heavy atom. The van der Waals surface area contributed by atoms with Gasteiger partial charge in [0.1, 0.15) is 11.3 Å². The zero-order valence-corrected chi connectivity index (χ0v) is 20.5. The molecule has 0 aliphatic heterocycles. The monoisotopic (exact) mass is 512 g/mol. The molecule has 1 atom stereocenters. The predicted octanol–water partition coefficient (Wildman–Crippen LogP) is 5.64. The number of nitrogens with zero attached hydrogens (tertiary/aromatic N) is 3. The first-order valence-electron chi connectivity index (χ1n) is 10.2. The molecule has 0 aliphatic rings. The van der Waals surface area contributed by atoms with Crippen LogP contribution in [0.5, 0.6) is 0 Å². The van der Waals surface area contributed by atoms with E-state index in [0.717, 1.165) is 21.6 Å². The molecule has 0 aliphatic carbocycles. The maximum atomic E-state index is 12.6. The zero-order chi connectivity index (χ0) is 24.4. The molecule has 0 spiro atoms. The Morgan fingerprint density at radius 3 is 2.71 bits per heavy atom. The first-order chi connectivity index (χ1) is 16.3. The number of esters is 1. The molecular weight excluding hydrogens is 495 g/mol. The molecule has 0 radical (unpaired) electrons. The van der Waals surface area contributed by atoms with Gasteiger partial charge in [0.15, 0.2) is 12.3 Å². The molecule has 4 aromatic rings. The van der Waals surface area contributed by atoms with Crippen molar-refractivity contribution in [2.75, 3.05) is 11.9 Å². The molecule has 2 heterocycles. The van der Waals surface area contributed by atoms with E-state index < -0.39 is 23.7 Å². The van der Waals surface area contributed by atoms with E-state index in [1.165, 1.54) is 17.8 Å². The number of hydrogen-bond acceptors (Lipinski definition) is 6. The van der Waals surface area contributed by atoms with Gasteiger partial charge in [0, 0.05) is 5.69 Å². The maximum absolute atomic E-state index is 12.6. The van der Waals surface area contributed by atoms with Gasteiger partial charge in [-0.2, -0.15) is 5.26 Å². The summed E-state index contributed by atoms with van der Waals surface area (Å²) in [6.45, 7) is 3.08. The number of amides is 1. The highest BCUT2D eigenvalue weighted by molar-refractivity contribution is 8.00. The van der Waals surface area contributed by atoms with Gasteiger partial charge in [0.05, 0.1) is 31.7 Å². The lowest BCUT2D eigenvalue weighted by atomic mass is 10.2. The quantitative estimate of drug-likeness (QED) is 0.265. The minimum atomic E-state index is -0.616. The van der Waals surface area contributed by atoms with Crippen LogP contribution in [0.2, 0.25) is 10.0 Å². The van der Waals surface area contributed by atoms with Gasteiger partial charge in [-0.15, -0.1) is 0 Å². The normalized spacial score (nSPS) is 11.9. The van der Waals surface area contributed by atoms with Crippen LogP contribution in [0, 0.1) is 18.3 Å². The number of nitrogens with one attached hydrogen (secondary N) is 1. The second kappa shape index (κ2) is 9.94. The third-order valence-corrected chi connectivity index (χ3v) is 6.86. The average molecular weight is 513 g/mol. The summed E-state index contributed by atoms with van der Waals surface area (Å²) in [6.07, 6.45) is 0. The number of ether oxygens (including phenoxy) is 1. The number of thioether (sulfide) groups is 1. The number of nitriles is 1. The van der Waals surface area contributed by atoms with E-state index in [1.54, 1.807) is 19.1 Å². The number of rotatable bonds is 6. The van der Waals surface area contributed by atoms with Gasteiger partial charge in [0.2, 0.25) is 0 Å². The fourth-order valence-corrected chi connectivity index (χ4v) is 4.75. The molecule has 10 heteroatoms. The van der Waals surface area contributed by atoms with Crippen molar-refractivity contribution in [2.24, 2.45) is 0 Å². The maximum Gasteiger partial charge on any atom is 0.319 e. The largest absolute Gasteiger partial charge is 0.455 e. The average Bonchev–Trinajstić information content (AvgIpc) is 3.19. The van der Waals surface area contributed by atoms with E-state index in [0.29, 0.717) is 26.9 Å². The van der Waals surface area contributed by atoms with Crippen molar-refractivity contribution in [3.63, 3.8) is 0 Å². The molecule has 172 valence electrons. The lowest BCUT2D eigenvalue weighted by molar-refractivity contribution is -0.146. The Kier molecular flexibility index (Phi) is 6.98. The second-order valence-electron chi connectivity index (χ2n) is 7.46. The molecule has 0 bridgehead atoms. The van der Waals surface area contributed by atoms with Crippen LogP contribution in [0.15, 0.2) is 53.6 Å². The number of pyridine rings is 1. The Labute approximate surface area is 209 Å². The molecule has 2 aromatic heterocycles. The number of aromatic nitrogens is 2. The summed E-state index contributed by atoms with van der Waals surface area (Å²) in [6, 6.07) is 16.3. The van der Waals surface area contributed by atoms with Crippen LogP contribution >= 0.6 is 35.0 Å². The van der Waals surface area contributed by atoms with Gasteiger partial charge in [-0.05, 0) is 55.8 Å². The van der Waals surface area contributed by atoms with Gasteiger partial charge in [-0.25, -0.2) is 4.98 Å². The fourth-order valence-electron chi connectivity index (χ4n) is 3.39. The van der Waals surface area contributed by atoms with E-state index in [1.807, 2.05) is 41.7 Å². The number of aryl methyl sites for hydroxylation is 1. The number of imidazole rings is 1. The number of hydrogen-bond donors (Lipinski definition) is 1. The highest BCUT2D eigenvalue weighted by Gasteiger charge is 2.22. The van der Waals surface area contributed by atoms with Gasteiger partial charge < -0.3 is 10.1 Å². The van der Waals surface area contributed by atoms with Crippen molar-refractivity contribution in [3.05, 3.63) is 69.7 Å². The van der Waals surface area contributed by atoms with Crippen LogP contribution in [0.1, 0.15) is 18.1 Å². The number of anilines is 1. The van der Waals surface area contributed by atoms with Crippen LogP contribution in [-0.4, -0.2) is 33.1 Å². The summed E-state index contributed by atoms with van der Waals surface area (Å²) in [5, 5.41) is 13.0. The lowest BCUT2D eigenvalue weighted by Crippen LogP contribution is -2.25. The Balaban J connectivity index is 1.49. The third kappa shape index (κ3) is 4.82. The highest BCUT2D eigenvalue weighted by Crippen LogP contribution is 2.32. The molecule has 0 unspecified atom stereocenters. The van der Waals surface area contributed by atoms with Gasteiger partial charge in [0.25, 0.3) is 5.91 Å². The number of carbonyl (C=O) groups is 2. The van der Waals surface area contributed by atoms with Crippen LogP contribution in [0.4, 0.5) is 5.69 Å². The lowest BCUT2D eigenvalue weighted by Gasteiger charge is -2.14. The van der Waals surface area contributed by atoms with Gasteiger partial charge in [-0.1, -0.05) is 47.1 Å². The van der Waals surface area contributed by atoms with Crippen molar-refractivity contribution < 1.29 is 14.3 Å². The number of benzene rings is 2. The summed E-state index contributed by atoms with van der Waals surface area (Å²) in [5.74, 6) is -1.05. The Morgan fingerprint density at radius 2 is 1.97 bits per heavy atom. The molecule has 1 N–H and O–H groups in total. The molecule has 4 rings (SSSR count). The smallest absolute Gasteiger partial charge is 0.319 e. The summed E-state index contributed by atoms with van der Waals surface area (Å²) >= 11 is 13.1. The molecule has 1 amide bonds. The van der Waals surface area contributed by atoms with Crippen molar-refractivity contribution >= 4 is 69.2 Å². The van der Waals surface area contributed by atoms with Crippen molar-refractivity contribution in [1.29, 1.82) is 5.26 Å². The number of carbonyl (C=O) groups excluding carboxylic acids is 2. The van der Waals surface area contributed by atoms with Crippen molar-refractivity contribution in [1.82, 2.24) is 9.38 Å². The molecular formula is C24H18Cl2N4O3S. The summed E-state index contributed by atoms with van der Waals surface area (Å²) in [4.78, 5) is 29.4. The van der Waals surface area contributed by atoms with E-state index in [9.17, 15) is 14.9 Å². The summed E-state index contributed by atoms with van der Waals surface area (Å²) < 4.78 is 7.08. The van der Waals surface area contributed by atoms with Crippen LogP contribution in [0.25, 0.3) is 16.7 Å². The predicted molar refractivity (Wildman–Crippen MR) is 134 cm³/mol. The second-order valence-corrected chi connectivity index (χ2v) is 9.63. The SMILES string of the molecule is Cc1cc(S[C@@H](C)C(=O)OCC(=O)Nc2ccc(Cl)c(Cl)c2)n2c(nc3ccccc32)c1C#N. The van der Waals surface area contributed by atoms with E-state index >= 15 is 0 Å². The summed E-state index contributed by atoms with van der Waals surface area (Å²) in [7, 11) is 0. The van der Waals surface area contributed by atoms with Crippen molar-refractivity contribution in [2.45, 2.75) is 24.1 Å². The minimum Gasteiger partial charge on any atom is -0.455 e. The molecule has 0 fully saturated rings. The van der Waals surface area contributed by atoms with E-state index in [4.69, 9.17) is 27.9 Å². The number of halogens is 2. The Hall–Kier alpha value is -3.25. The van der Waals surface area contributed by atoms with Crippen molar-refractivity contribution in [3.8, 4) is 6.07 Å². The standard InChI is InChI=1S/C24H18Cl2N4O3S/c1-13-9-22(30-20-6-4-3-5-19(20)29-23(30)16(13)11-27)34-14(2)24(32)33-12-21(31)28-15-7-8-17(25)18(26)10-15/h3-10,14H,12H2,1-2H3,(H,28,31)/t14-/m0/s1. The van der Waals surface area contributed by atoms with Crippen LogP contribution in [0.3, 0.4) is 0 Å².